The lowest BCUT2D eigenvalue weighted by Gasteiger charge is -2.20. The molecule has 8 heteroatoms. The number of amidine groups is 1. The topological polar surface area (TPSA) is 85.7 Å². The summed E-state index contributed by atoms with van der Waals surface area (Å²) in [4.78, 5) is 3.63. The van der Waals surface area contributed by atoms with E-state index in [9.17, 15) is 13.2 Å². The molecule has 2 atom stereocenters. The molecule has 1 fully saturated rings. The van der Waals surface area contributed by atoms with Crippen molar-refractivity contribution in [3.8, 4) is 0 Å². The van der Waals surface area contributed by atoms with Crippen LogP contribution in [0.15, 0.2) is 16.4 Å². The predicted molar refractivity (Wildman–Crippen MR) is 59.6 cm³/mol. The molecule has 0 spiro atoms. The van der Waals surface area contributed by atoms with Gasteiger partial charge in [-0.2, -0.15) is 13.2 Å². The fourth-order valence-electron chi connectivity index (χ4n) is 2.08. The zero-order valence-electron chi connectivity index (χ0n) is 9.63. The highest BCUT2D eigenvalue weighted by Crippen LogP contribution is 2.35. The molecule has 0 aromatic heterocycles. The number of ether oxygens (including phenoxy) is 1. The average molecular weight is 264 g/mol. The molecule has 0 aromatic rings. The molecule has 2 aliphatic rings. The van der Waals surface area contributed by atoms with Crippen LogP contribution in [0, 0.1) is 5.92 Å². The van der Waals surface area contributed by atoms with Gasteiger partial charge >= 0.3 is 6.18 Å². The van der Waals surface area contributed by atoms with Gasteiger partial charge in [-0.1, -0.05) is 0 Å². The van der Waals surface area contributed by atoms with Crippen molar-refractivity contribution in [2.75, 3.05) is 19.8 Å². The molecule has 2 rings (SSSR count). The second kappa shape index (κ2) is 4.68. The Morgan fingerprint density at radius 3 is 2.72 bits per heavy atom. The molecular weight excluding hydrogens is 249 g/mol. The van der Waals surface area contributed by atoms with E-state index in [2.05, 4.69) is 10.3 Å². The lowest BCUT2D eigenvalue weighted by Crippen LogP contribution is -2.38. The molecular formula is C10H15F3N4O. The minimum Gasteiger partial charge on any atom is -0.385 e. The molecule has 1 saturated heterocycles. The van der Waals surface area contributed by atoms with Crippen LogP contribution in [0.1, 0.15) is 6.42 Å². The van der Waals surface area contributed by atoms with Crippen molar-refractivity contribution in [1.82, 2.24) is 5.32 Å². The summed E-state index contributed by atoms with van der Waals surface area (Å²) in [6.07, 6.45) is -3.68. The second-order valence-electron chi connectivity index (χ2n) is 4.35. The molecule has 0 aliphatic carbocycles. The molecule has 5 nitrogen and oxygen atoms in total. The van der Waals surface area contributed by atoms with Crippen LogP contribution >= 0.6 is 0 Å². The molecule has 2 unspecified atom stereocenters. The Kier molecular flexibility index (Phi) is 3.38. The van der Waals surface area contributed by atoms with Crippen LogP contribution in [0.3, 0.4) is 0 Å². The first-order chi connectivity index (χ1) is 8.39. The summed E-state index contributed by atoms with van der Waals surface area (Å²) in [5.41, 5.74) is 11.0. The van der Waals surface area contributed by atoms with Gasteiger partial charge in [-0.25, -0.2) is 0 Å². The van der Waals surface area contributed by atoms with Gasteiger partial charge < -0.3 is 21.5 Å². The monoisotopic (exact) mass is 264 g/mol. The summed E-state index contributed by atoms with van der Waals surface area (Å²) in [5, 5.41) is 2.82. The Bertz CT molecular complexity index is 385. The summed E-state index contributed by atoms with van der Waals surface area (Å²) in [6.45, 7) is 0.614. The highest BCUT2D eigenvalue weighted by molar-refractivity contribution is 5.99. The Hall–Kier alpha value is -1.44. The van der Waals surface area contributed by atoms with Gasteiger partial charge in [0.25, 0.3) is 0 Å². The van der Waals surface area contributed by atoms with E-state index in [1.165, 1.54) is 0 Å². The van der Waals surface area contributed by atoms with E-state index in [0.717, 1.165) is 0 Å². The molecule has 0 aromatic carbocycles. The molecule has 0 saturated carbocycles. The average Bonchev–Trinajstić information content (AvgIpc) is 2.85. The first kappa shape index (κ1) is 13.0. The van der Waals surface area contributed by atoms with Gasteiger partial charge in [-0.15, -0.1) is 0 Å². The number of nitrogens with two attached hydrogens (primary N) is 2. The van der Waals surface area contributed by atoms with Crippen molar-refractivity contribution in [3.63, 3.8) is 0 Å². The van der Waals surface area contributed by atoms with Crippen LogP contribution in [0.25, 0.3) is 0 Å². The van der Waals surface area contributed by atoms with Crippen molar-refractivity contribution in [1.29, 1.82) is 0 Å². The molecule has 0 radical (unpaired) electrons. The maximum atomic E-state index is 12.8. The Labute approximate surface area is 102 Å². The number of alkyl halides is 3. The van der Waals surface area contributed by atoms with E-state index in [4.69, 9.17) is 16.2 Å². The van der Waals surface area contributed by atoms with E-state index >= 15 is 0 Å². The SMILES string of the molecule is NC1=NCC(C(F)(F)F)C1=C(N)NC1CCOC1. The van der Waals surface area contributed by atoms with Gasteiger partial charge in [0, 0.05) is 12.2 Å². The number of rotatable bonds is 2. The number of aliphatic imine (C=N–C) groups is 1. The minimum absolute atomic E-state index is 0.0495. The number of nitrogens with zero attached hydrogens (tertiary/aromatic N) is 1. The lowest BCUT2D eigenvalue weighted by molar-refractivity contribution is -0.158. The molecule has 2 heterocycles. The Morgan fingerprint density at radius 1 is 1.44 bits per heavy atom. The molecule has 2 aliphatic heterocycles. The molecule has 18 heavy (non-hydrogen) atoms. The molecule has 5 N–H and O–H groups in total. The van der Waals surface area contributed by atoms with Gasteiger partial charge in [0.15, 0.2) is 0 Å². The minimum atomic E-state index is -4.39. The highest BCUT2D eigenvalue weighted by atomic mass is 19.4. The number of hydrogen-bond acceptors (Lipinski definition) is 5. The van der Waals surface area contributed by atoms with E-state index in [1.54, 1.807) is 0 Å². The fourth-order valence-corrected chi connectivity index (χ4v) is 2.08. The molecule has 0 amide bonds. The second-order valence-corrected chi connectivity index (χ2v) is 4.35. The van der Waals surface area contributed by atoms with Crippen molar-refractivity contribution in [2.24, 2.45) is 22.4 Å². The number of halogens is 3. The highest BCUT2D eigenvalue weighted by Gasteiger charge is 2.46. The largest absolute Gasteiger partial charge is 0.397 e. The zero-order chi connectivity index (χ0) is 13.3. The maximum absolute atomic E-state index is 12.8. The van der Waals surface area contributed by atoms with Crippen molar-refractivity contribution in [3.05, 3.63) is 11.4 Å². The fraction of sp³-hybridized carbons (Fsp3) is 0.700. The van der Waals surface area contributed by atoms with Gasteiger partial charge in [-0.3, -0.25) is 4.99 Å². The van der Waals surface area contributed by atoms with E-state index in [-0.39, 0.29) is 23.3 Å². The van der Waals surface area contributed by atoms with Gasteiger partial charge in [0.2, 0.25) is 0 Å². The standard InChI is InChI=1S/C10H15F3N4O/c11-10(12,13)6-3-16-8(14)7(6)9(15)17-5-1-2-18-4-5/h5-6,17H,1-4,15H2,(H2,14,16). The van der Waals surface area contributed by atoms with Crippen LogP contribution in [-0.2, 0) is 4.74 Å². The van der Waals surface area contributed by atoms with Crippen molar-refractivity contribution >= 4 is 5.84 Å². The third-order valence-electron chi connectivity index (χ3n) is 3.04. The predicted octanol–water partition coefficient (Wildman–Crippen LogP) is 0.0845. The van der Waals surface area contributed by atoms with Crippen molar-refractivity contribution < 1.29 is 17.9 Å². The van der Waals surface area contributed by atoms with Gasteiger partial charge in [0.1, 0.15) is 17.6 Å². The zero-order valence-corrected chi connectivity index (χ0v) is 9.63. The third kappa shape index (κ3) is 2.53. The van der Waals surface area contributed by atoms with E-state index in [0.29, 0.717) is 19.6 Å². The smallest absolute Gasteiger partial charge is 0.385 e. The first-order valence-electron chi connectivity index (χ1n) is 5.60. The van der Waals surface area contributed by atoms with Crippen LogP contribution < -0.4 is 16.8 Å². The first-order valence-corrected chi connectivity index (χ1v) is 5.60. The maximum Gasteiger partial charge on any atom is 0.397 e. The van der Waals surface area contributed by atoms with Gasteiger partial charge in [-0.05, 0) is 6.42 Å². The van der Waals surface area contributed by atoms with E-state index in [1.807, 2.05) is 0 Å². The van der Waals surface area contributed by atoms with Crippen LogP contribution in [0.4, 0.5) is 13.2 Å². The summed E-state index contributed by atoms with van der Waals surface area (Å²) < 4.78 is 43.5. The molecule has 0 bridgehead atoms. The van der Waals surface area contributed by atoms with E-state index < -0.39 is 18.6 Å². The summed E-state index contributed by atoms with van der Waals surface area (Å²) >= 11 is 0. The van der Waals surface area contributed by atoms with Crippen LogP contribution in [-0.4, -0.2) is 37.8 Å². The van der Waals surface area contributed by atoms with Gasteiger partial charge in [0.05, 0.1) is 19.2 Å². The van der Waals surface area contributed by atoms with Crippen LogP contribution in [0.2, 0.25) is 0 Å². The lowest BCUT2D eigenvalue weighted by atomic mass is 10.00. The van der Waals surface area contributed by atoms with Crippen molar-refractivity contribution in [2.45, 2.75) is 18.6 Å². The summed E-state index contributed by atoms with van der Waals surface area (Å²) in [7, 11) is 0. The molecule has 102 valence electrons. The summed E-state index contributed by atoms with van der Waals surface area (Å²) in [5.74, 6) is -1.90. The van der Waals surface area contributed by atoms with Crippen LogP contribution in [0.5, 0.6) is 0 Å². The third-order valence-corrected chi connectivity index (χ3v) is 3.04. The normalized spacial score (nSPS) is 31.4. The Morgan fingerprint density at radius 2 is 2.17 bits per heavy atom. The summed E-state index contributed by atoms with van der Waals surface area (Å²) in [6, 6.07) is -0.0696. The Balaban J connectivity index is 2.18. The number of hydrogen-bond donors (Lipinski definition) is 3. The number of nitrogens with one attached hydrogen (secondary N) is 1. The quantitative estimate of drug-likeness (QED) is 0.659.